The smallest absolute Gasteiger partial charge is 0.258 e. The van der Waals surface area contributed by atoms with Gasteiger partial charge in [-0.2, -0.15) is 5.10 Å². The Morgan fingerprint density at radius 2 is 1.93 bits per heavy atom. The Kier molecular flexibility index (Phi) is 5.31. The van der Waals surface area contributed by atoms with Crippen LogP contribution in [0.3, 0.4) is 0 Å². The quantitative estimate of drug-likeness (QED) is 0.473. The van der Waals surface area contributed by atoms with Crippen molar-refractivity contribution in [3.8, 4) is 5.75 Å². The van der Waals surface area contributed by atoms with Crippen LogP contribution in [0.1, 0.15) is 21.6 Å². The van der Waals surface area contributed by atoms with Crippen molar-refractivity contribution in [2.45, 2.75) is 13.5 Å². The van der Waals surface area contributed by atoms with Gasteiger partial charge in [0.15, 0.2) is 0 Å². The number of amides is 1. The van der Waals surface area contributed by atoms with Gasteiger partial charge in [-0.05, 0) is 48.9 Å². The Bertz CT molecular complexity index is 1190. The number of fused-ring (bicyclic) bond motifs is 1. The number of hydrogen-bond acceptors (Lipinski definition) is 4. The fraction of sp³-hybridized carbons (Fsp3) is 0.136. The molecule has 146 valence electrons. The van der Waals surface area contributed by atoms with Crippen molar-refractivity contribution >= 4 is 38.6 Å². The minimum absolute atomic E-state index is 0.225. The second-order valence-electron chi connectivity index (χ2n) is 6.63. The van der Waals surface area contributed by atoms with Gasteiger partial charge in [0.2, 0.25) is 0 Å². The molecule has 2 aromatic carbocycles. The molecular weight excluding hydrogens is 432 g/mol. The van der Waals surface area contributed by atoms with Crippen LogP contribution in [0.15, 0.2) is 65.3 Å². The van der Waals surface area contributed by atoms with Gasteiger partial charge in [0.25, 0.3) is 5.91 Å². The number of methoxy groups -OCH3 is 1. The van der Waals surface area contributed by atoms with Crippen LogP contribution < -0.4 is 10.1 Å². The molecular formula is C22H19BrN4O2. The van der Waals surface area contributed by atoms with Gasteiger partial charge in [-0.1, -0.05) is 28.1 Å². The summed E-state index contributed by atoms with van der Waals surface area (Å²) in [6.07, 6.45) is 1.67. The molecule has 0 radical (unpaired) electrons. The van der Waals surface area contributed by atoms with Crippen molar-refractivity contribution in [3.05, 3.63) is 82.1 Å². The maximum atomic E-state index is 13.0. The monoisotopic (exact) mass is 450 g/mol. The van der Waals surface area contributed by atoms with Gasteiger partial charge >= 0.3 is 0 Å². The number of anilines is 1. The molecule has 0 saturated carbocycles. The summed E-state index contributed by atoms with van der Waals surface area (Å²) in [5.74, 6) is 1.13. The predicted octanol–water partition coefficient (Wildman–Crippen LogP) is 4.81. The van der Waals surface area contributed by atoms with Crippen LogP contribution in [0, 0.1) is 6.92 Å². The average molecular weight is 451 g/mol. The Labute approximate surface area is 176 Å². The largest absolute Gasteiger partial charge is 0.497 e. The van der Waals surface area contributed by atoms with Crippen molar-refractivity contribution in [3.63, 3.8) is 0 Å². The first-order valence-corrected chi connectivity index (χ1v) is 9.86. The number of aryl methyl sites for hydroxylation is 1. The molecule has 4 rings (SSSR count). The SMILES string of the molecule is COc1ccc2nc(C)c(C(=O)Nc3ccnn3Cc3ccc(Br)cc3)cc2c1. The van der Waals surface area contributed by atoms with Crippen LogP contribution in [0.2, 0.25) is 0 Å². The fourth-order valence-electron chi connectivity index (χ4n) is 3.12. The van der Waals surface area contributed by atoms with Gasteiger partial charge in [-0.3, -0.25) is 9.78 Å². The number of pyridine rings is 1. The van der Waals surface area contributed by atoms with E-state index in [1.165, 1.54) is 0 Å². The van der Waals surface area contributed by atoms with E-state index in [2.05, 4.69) is 31.3 Å². The van der Waals surface area contributed by atoms with Crippen molar-refractivity contribution in [2.75, 3.05) is 12.4 Å². The van der Waals surface area contributed by atoms with Gasteiger partial charge in [0.05, 0.1) is 36.6 Å². The molecule has 29 heavy (non-hydrogen) atoms. The number of hydrogen-bond donors (Lipinski definition) is 1. The summed E-state index contributed by atoms with van der Waals surface area (Å²) in [5.41, 5.74) is 3.09. The van der Waals surface area contributed by atoms with Crippen LogP contribution in [0.4, 0.5) is 5.82 Å². The third kappa shape index (κ3) is 4.14. The van der Waals surface area contributed by atoms with E-state index in [-0.39, 0.29) is 5.91 Å². The number of nitrogens with zero attached hydrogens (tertiary/aromatic N) is 3. The highest BCUT2D eigenvalue weighted by Crippen LogP contribution is 2.23. The first-order chi connectivity index (χ1) is 14.0. The number of carbonyl (C=O) groups excluding carboxylic acids is 1. The van der Waals surface area contributed by atoms with Gasteiger partial charge in [0.1, 0.15) is 11.6 Å². The summed E-state index contributed by atoms with van der Waals surface area (Å²) < 4.78 is 8.05. The number of ether oxygens (including phenoxy) is 1. The highest BCUT2D eigenvalue weighted by atomic mass is 79.9. The summed E-state index contributed by atoms with van der Waals surface area (Å²) in [5, 5.41) is 8.14. The van der Waals surface area contributed by atoms with Crippen LogP contribution in [0.5, 0.6) is 5.75 Å². The number of carbonyl (C=O) groups is 1. The van der Waals surface area contributed by atoms with Gasteiger partial charge < -0.3 is 10.1 Å². The van der Waals surface area contributed by atoms with E-state index in [4.69, 9.17) is 4.74 Å². The number of halogens is 1. The minimum Gasteiger partial charge on any atom is -0.497 e. The van der Waals surface area contributed by atoms with Gasteiger partial charge in [-0.15, -0.1) is 0 Å². The second kappa shape index (κ2) is 8.05. The molecule has 4 aromatic rings. The van der Waals surface area contributed by atoms with Crippen LogP contribution in [-0.4, -0.2) is 27.8 Å². The zero-order valence-electron chi connectivity index (χ0n) is 16.0. The zero-order valence-corrected chi connectivity index (χ0v) is 17.6. The molecule has 0 bridgehead atoms. The van der Waals surface area contributed by atoms with E-state index >= 15 is 0 Å². The zero-order chi connectivity index (χ0) is 20.4. The first-order valence-electron chi connectivity index (χ1n) is 9.06. The lowest BCUT2D eigenvalue weighted by Gasteiger charge is -2.11. The van der Waals surface area contributed by atoms with Crippen molar-refractivity contribution in [1.82, 2.24) is 14.8 Å². The Morgan fingerprint density at radius 3 is 2.69 bits per heavy atom. The van der Waals surface area contributed by atoms with Crippen molar-refractivity contribution in [2.24, 2.45) is 0 Å². The summed E-state index contributed by atoms with van der Waals surface area (Å²) in [6.45, 7) is 2.39. The predicted molar refractivity (Wildman–Crippen MR) is 116 cm³/mol. The first kappa shape index (κ1) is 19.1. The average Bonchev–Trinajstić information content (AvgIpc) is 3.15. The minimum atomic E-state index is -0.225. The van der Waals surface area contributed by atoms with E-state index in [1.807, 2.05) is 55.5 Å². The van der Waals surface area contributed by atoms with Crippen molar-refractivity contribution < 1.29 is 9.53 Å². The maximum Gasteiger partial charge on any atom is 0.258 e. The second-order valence-corrected chi connectivity index (χ2v) is 7.55. The van der Waals surface area contributed by atoms with E-state index in [1.54, 1.807) is 24.1 Å². The summed E-state index contributed by atoms with van der Waals surface area (Å²) in [6, 6.07) is 17.2. The van der Waals surface area contributed by atoms with Gasteiger partial charge in [0, 0.05) is 15.9 Å². The normalized spacial score (nSPS) is 10.9. The molecule has 0 fully saturated rings. The Balaban J connectivity index is 1.59. The number of benzene rings is 2. The number of nitrogens with one attached hydrogen (secondary N) is 1. The molecule has 7 heteroatoms. The van der Waals surface area contributed by atoms with Gasteiger partial charge in [-0.25, -0.2) is 4.68 Å². The van der Waals surface area contributed by atoms with E-state index in [0.717, 1.165) is 26.7 Å². The molecule has 0 aliphatic heterocycles. The molecule has 0 unspecified atom stereocenters. The third-order valence-corrected chi connectivity index (χ3v) is 5.19. The van der Waals surface area contributed by atoms with Crippen LogP contribution >= 0.6 is 15.9 Å². The molecule has 6 nitrogen and oxygen atoms in total. The maximum absolute atomic E-state index is 13.0. The van der Waals surface area contributed by atoms with E-state index < -0.39 is 0 Å². The molecule has 0 saturated heterocycles. The summed E-state index contributed by atoms with van der Waals surface area (Å²) in [7, 11) is 1.61. The molecule has 2 aromatic heterocycles. The lowest BCUT2D eigenvalue weighted by atomic mass is 10.1. The molecule has 0 spiro atoms. The van der Waals surface area contributed by atoms with E-state index in [0.29, 0.717) is 23.6 Å². The third-order valence-electron chi connectivity index (χ3n) is 4.66. The highest BCUT2D eigenvalue weighted by molar-refractivity contribution is 9.10. The van der Waals surface area contributed by atoms with E-state index in [9.17, 15) is 4.79 Å². The molecule has 1 N–H and O–H groups in total. The topological polar surface area (TPSA) is 69.0 Å². The molecule has 0 aliphatic carbocycles. The number of aromatic nitrogens is 3. The standard InChI is InChI=1S/C22H19BrN4O2/c1-14-19(12-16-11-18(29-2)7-8-20(16)25-14)22(28)26-21-9-10-24-27(21)13-15-3-5-17(23)6-4-15/h3-12H,13H2,1-2H3,(H,26,28). The van der Waals surface area contributed by atoms with Crippen LogP contribution in [0.25, 0.3) is 10.9 Å². The molecule has 1 amide bonds. The Morgan fingerprint density at radius 1 is 1.14 bits per heavy atom. The Hall–Kier alpha value is -3.19. The molecule has 0 atom stereocenters. The van der Waals surface area contributed by atoms with Crippen molar-refractivity contribution in [1.29, 1.82) is 0 Å². The highest BCUT2D eigenvalue weighted by Gasteiger charge is 2.14. The summed E-state index contributed by atoms with van der Waals surface area (Å²) in [4.78, 5) is 17.5. The number of rotatable bonds is 5. The molecule has 0 aliphatic rings. The summed E-state index contributed by atoms with van der Waals surface area (Å²) >= 11 is 3.44. The lowest BCUT2D eigenvalue weighted by Crippen LogP contribution is -2.17. The van der Waals surface area contributed by atoms with Crippen LogP contribution in [-0.2, 0) is 6.54 Å². The fourth-order valence-corrected chi connectivity index (χ4v) is 3.38. The lowest BCUT2D eigenvalue weighted by molar-refractivity contribution is 0.102. The molecule has 2 heterocycles.